The van der Waals surface area contributed by atoms with Crippen molar-refractivity contribution in [3.05, 3.63) is 64.7 Å². The molecule has 3 rings (SSSR count). The van der Waals surface area contributed by atoms with Crippen LogP contribution in [0.1, 0.15) is 51.3 Å². The number of ether oxygens (including phenoxy) is 1. The van der Waals surface area contributed by atoms with E-state index in [4.69, 9.17) is 16.3 Å². The molecule has 1 aromatic heterocycles. The monoisotopic (exact) mass is 526 g/mol. The van der Waals surface area contributed by atoms with Gasteiger partial charge in [-0.15, -0.1) is 10.2 Å². The number of tetrazole rings is 1. The van der Waals surface area contributed by atoms with Gasteiger partial charge < -0.3 is 15.0 Å². The van der Waals surface area contributed by atoms with Crippen molar-refractivity contribution in [1.82, 2.24) is 30.4 Å². The number of hydrogen-bond acceptors (Lipinski definition) is 6. The van der Waals surface area contributed by atoms with Gasteiger partial charge in [0, 0.05) is 35.9 Å². The van der Waals surface area contributed by atoms with Crippen LogP contribution in [0.15, 0.2) is 48.5 Å². The molecule has 0 aliphatic carbocycles. The smallest absolute Gasteiger partial charge is 0.247 e. The Morgan fingerprint density at radius 1 is 1.11 bits per heavy atom. The highest BCUT2D eigenvalue weighted by Gasteiger charge is 2.33. The first kappa shape index (κ1) is 28.3. The van der Waals surface area contributed by atoms with Crippen LogP contribution in [0.3, 0.4) is 0 Å². The fraction of sp³-hybridized carbons (Fsp3) is 0.444. The maximum atomic E-state index is 13.7. The van der Waals surface area contributed by atoms with Gasteiger partial charge in [-0.1, -0.05) is 41.4 Å². The van der Waals surface area contributed by atoms with Gasteiger partial charge in [0.15, 0.2) is 0 Å². The molecule has 3 aromatic rings. The predicted octanol–water partition coefficient (Wildman–Crippen LogP) is 4.21. The summed E-state index contributed by atoms with van der Waals surface area (Å²) in [6.45, 7) is 10.9. The molecule has 0 unspecified atom stereocenters. The first-order valence-electron chi connectivity index (χ1n) is 12.4. The molecular formula is C27H35ClN6O3. The lowest BCUT2D eigenvalue weighted by Crippen LogP contribution is -2.50. The van der Waals surface area contributed by atoms with Crippen molar-refractivity contribution in [3.63, 3.8) is 0 Å². The van der Waals surface area contributed by atoms with Crippen LogP contribution >= 0.6 is 11.6 Å². The van der Waals surface area contributed by atoms with Crippen molar-refractivity contribution in [2.75, 3.05) is 19.8 Å². The average molecular weight is 527 g/mol. The summed E-state index contributed by atoms with van der Waals surface area (Å²) < 4.78 is 5.50. The summed E-state index contributed by atoms with van der Waals surface area (Å²) >= 11 is 5.97. The summed E-state index contributed by atoms with van der Waals surface area (Å²) in [6, 6.07) is 13.9. The first-order valence-corrected chi connectivity index (χ1v) is 12.7. The summed E-state index contributed by atoms with van der Waals surface area (Å²) in [4.78, 5) is 30.1. The molecule has 9 nitrogen and oxygen atoms in total. The number of halogens is 1. The number of hydrogen-bond donors (Lipinski definition) is 1. The van der Waals surface area contributed by atoms with Crippen molar-refractivity contribution in [2.24, 2.45) is 0 Å². The SMILES string of the molecule is CCOCCCN(C(=O)Cn1nnc(-c2ccc(Cl)cc2)n1)[C@@H](C(=O)NC(C)(C)C)c1ccc(C)cc1. The molecule has 0 bridgehead atoms. The number of carbonyl (C=O) groups is 2. The van der Waals surface area contributed by atoms with Gasteiger partial charge in [0.1, 0.15) is 12.6 Å². The number of aryl methyl sites for hydroxylation is 1. The van der Waals surface area contributed by atoms with Crippen LogP contribution in [0.25, 0.3) is 11.4 Å². The van der Waals surface area contributed by atoms with Gasteiger partial charge in [-0.2, -0.15) is 4.80 Å². The highest BCUT2D eigenvalue weighted by atomic mass is 35.5. The lowest BCUT2D eigenvalue weighted by Gasteiger charge is -2.33. The number of benzene rings is 2. The average Bonchev–Trinajstić information content (AvgIpc) is 3.29. The zero-order valence-corrected chi connectivity index (χ0v) is 22.8. The van der Waals surface area contributed by atoms with E-state index >= 15 is 0 Å². The van der Waals surface area contributed by atoms with Gasteiger partial charge in [-0.05, 0) is 76.1 Å². The van der Waals surface area contributed by atoms with Crippen LogP contribution < -0.4 is 5.32 Å². The Balaban J connectivity index is 1.90. The number of nitrogens with one attached hydrogen (secondary N) is 1. The van der Waals surface area contributed by atoms with E-state index in [1.807, 2.05) is 58.9 Å². The Morgan fingerprint density at radius 3 is 2.41 bits per heavy atom. The third-order valence-corrected chi connectivity index (χ3v) is 5.75. The second kappa shape index (κ2) is 12.8. The van der Waals surface area contributed by atoms with E-state index in [1.165, 1.54) is 4.80 Å². The Morgan fingerprint density at radius 2 is 1.78 bits per heavy atom. The lowest BCUT2D eigenvalue weighted by molar-refractivity contribution is -0.142. The molecule has 0 aliphatic heterocycles. The zero-order valence-electron chi connectivity index (χ0n) is 22.1. The van der Waals surface area contributed by atoms with E-state index in [0.717, 1.165) is 16.7 Å². The molecule has 1 atom stereocenters. The van der Waals surface area contributed by atoms with Crippen molar-refractivity contribution in [3.8, 4) is 11.4 Å². The maximum Gasteiger partial charge on any atom is 0.247 e. The van der Waals surface area contributed by atoms with Gasteiger partial charge >= 0.3 is 0 Å². The van der Waals surface area contributed by atoms with E-state index in [0.29, 0.717) is 37.0 Å². The van der Waals surface area contributed by atoms with E-state index in [-0.39, 0.29) is 18.4 Å². The van der Waals surface area contributed by atoms with Crippen LogP contribution in [-0.4, -0.2) is 62.2 Å². The zero-order chi connectivity index (χ0) is 27.0. The summed E-state index contributed by atoms with van der Waals surface area (Å²) in [5.74, 6) is -0.173. The first-order chi connectivity index (χ1) is 17.6. The fourth-order valence-corrected chi connectivity index (χ4v) is 3.90. The molecule has 0 saturated heterocycles. The van der Waals surface area contributed by atoms with E-state index in [2.05, 4.69) is 20.7 Å². The van der Waals surface area contributed by atoms with Crippen molar-refractivity contribution in [1.29, 1.82) is 0 Å². The largest absolute Gasteiger partial charge is 0.382 e. The number of amides is 2. The molecule has 2 amide bonds. The second-order valence-corrected chi connectivity index (χ2v) is 10.3. The quantitative estimate of drug-likeness (QED) is 0.375. The highest BCUT2D eigenvalue weighted by Crippen LogP contribution is 2.24. The third kappa shape index (κ3) is 8.36. The van der Waals surface area contributed by atoms with Crippen LogP contribution in [0.2, 0.25) is 5.02 Å². The summed E-state index contributed by atoms with van der Waals surface area (Å²) in [5.41, 5.74) is 2.06. The van der Waals surface area contributed by atoms with Crippen LogP contribution in [0.4, 0.5) is 0 Å². The molecule has 1 N–H and O–H groups in total. The molecule has 0 saturated carbocycles. The normalized spacial score (nSPS) is 12.3. The van der Waals surface area contributed by atoms with Crippen LogP contribution in [0.5, 0.6) is 0 Å². The summed E-state index contributed by atoms with van der Waals surface area (Å²) in [7, 11) is 0. The minimum absolute atomic E-state index is 0.166. The fourth-order valence-electron chi connectivity index (χ4n) is 3.78. The molecule has 37 heavy (non-hydrogen) atoms. The predicted molar refractivity (Wildman–Crippen MR) is 143 cm³/mol. The molecule has 0 spiro atoms. The minimum Gasteiger partial charge on any atom is -0.382 e. The highest BCUT2D eigenvalue weighted by molar-refractivity contribution is 6.30. The molecule has 198 valence electrons. The molecule has 0 radical (unpaired) electrons. The van der Waals surface area contributed by atoms with E-state index in [1.54, 1.807) is 29.2 Å². The van der Waals surface area contributed by atoms with Crippen molar-refractivity contribution in [2.45, 2.75) is 59.2 Å². The van der Waals surface area contributed by atoms with Gasteiger partial charge in [0.25, 0.3) is 0 Å². The standard InChI is InChI=1S/C27H35ClN6O3/c1-6-37-17-7-16-33(24(26(36)29-27(3,4)5)20-10-8-19(2)9-11-20)23(35)18-34-31-25(30-32-34)21-12-14-22(28)15-13-21/h8-15,24H,6-7,16-18H2,1-5H3,(H,29,36)/t24-/m1/s1. The third-order valence-electron chi connectivity index (χ3n) is 5.50. The van der Waals surface area contributed by atoms with Crippen molar-refractivity contribution >= 4 is 23.4 Å². The van der Waals surface area contributed by atoms with Gasteiger partial charge in [-0.25, -0.2) is 0 Å². The summed E-state index contributed by atoms with van der Waals surface area (Å²) in [5, 5.41) is 16.2. The Bertz CT molecular complexity index is 1170. The molecule has 0 fully saturated rings. The van der Waals surface area contributed by atoms with Gasteiger partial charge in [0.05, 0.1) is 0 Å². The number of carbonyl (C=O) groups excluding carboxylic acids is 2. The topological polar surface area (TPSA) is 102 Å². The molecule has 0 aliphatic rings. The Labute approximate surface area is 223 Å². The maximum absolute atomic E-state index is 13.7. The van der Waals surface area contributed by atoms with Crippen LogP contribution in [0, 0.1) is 6.92 Å². The minimum atomic E-state index is -0.826. The van der Waals surface area contributed by atoms with Gasteiger partial charge in [-0.3, -0.25) is 9.59 Å². The van der Waals surface area contributed by atoms with Crippen molar-refractivity contribution < 1.29 is 14.3 Å². The number of aromatic nitrogens is 4. The number of nitrogens with zero attached hydrogens (tertiary/aromatic N) is 5. The second-order valence-electron chi connectivity index (χ2n) is 9.84. The van der Waals surface area contributed by atoms with E-state index < -0.39 is 11.6 Å². The molecule has 2 aromatic carbocycles. The molecule has 10 heteroatoms. The summed E-state index contributed by atoms with van der Waals surface area (Å²) in [6.07, 6.45) is 0.575. The lowest BCUT2D eigenvalue weighted by atomic mass is 10.00. The van der Waals surface area contributed by atoms with Crippen LogP contribution in [-0.2, 0) is 20.9 Å². The molecule has 1 heterocycles. The Kier molecular flexibility index (Phi) is 9.77. The van der Waals surface area contributed by atoms with Gasteiger partial charge in [0.2, 0.25) is 17.6 Å². The number of rotatable bonds is 11. The Hall–Kier alpha value is -3.30. The molecular weight excluding hydrogens is 492 g/mol. The van der Waals surface area contributed by atoms with E-state index in [9.17, 15) is 9.59 Å².